The Balaban J connectivity index is 1.79. The van der Waals surface area contributed by atoms with Crippen LogP contribution >= 0.6 is 0 Å². The zero-order valence-corrected chi connectivity index (χ0v) is 11.2. The summed E-state index contributed by atoms with van der Waals surface area (Å²) in [7, 11) is 0. The molecule has 2 fully saturated rings. The predicted molar refractivity (Wildman–Crippen MR) is 71.3 cm³/mol. The molecule has 106 valence electrons. The lowest BCUT2D eigenvalue weighted by atomic mass is 9.95. The Hall–Kier alpha value is -1.36. The van der Waals surface area contributed by atoms with Gasteiger partial charge < -0.3 is 15.3 Å². The average Bonchev–Trinajstić information content (AvgIpc) is 2.83. The van der Waals surface area contributed by atoms with E-state index < -0.39 is 6.10 Å². The van der Waals surface area contributed by atoms with E-state index in [0.717, 1.165) is 19.3 Å². The Labute approximate surface area is 113 Å². The zero-order chi connectivity index (χ0) is 13.8. The number of carbonyl (C=O) groups is 2. The summed E-state index contributed by atoms with van der Waals surface area (Å²) >= 11 is 0. The summed E-state index contributed by atoms with van der Waals surface area (Å²) in [5.41, 5.74) is 0. The fourth-order valence-electron chi connectivity index (χ4n) is 2.90. The molecule has 2 amide bonds. The van der Waals surface area contributed by atoms with Gasteiger partial charge in [0.1, 0.15) is 0 Å². The lowest BCUT2D eigenvalue weighted by Gasteiger charge is -2.31. The fourth-order valence-corrected chi connectivity index (χ4v) is 2.90. The molecule has 1 heterocycles. The molecule has 0 spiro atoms. The van der Waals surface area contributed by atoms with E-state index in [4.69, 9.17) is 0 Å². The van der Waals surface area contributed by atoms with Crippen LogP contribution in [0.4, 0.5) is 0 Å². The number of nitrogens with zero attached hydrogens (tertiary/aromatic N) is 1. The van der Waals surface area contributed by atoms with Crippen LogP contribution in [0.1, 0.15) is 32.1 Å². The number of piperidine rings is 1. The topological polar surface area (TPSA) is 69.6 Å². The molecule has 0 radical (unpaired) electrons. The van der Waals surface area contributed by atoms with E-state index in [0.29, 0.717) is 25.9 Å². The number of aliphatic hydroxyl groups is 1. The van der Waals surface area contributed by atoms with Crippen LogP contribution in [-0.2, 0) is 9.59 Å². The normalized spacial score (nSPS) is 28.2. The van der Waals surface area contributed by atoms with Crippen LogP contribution < -0.4 is 5.32 Å². The first-order valence-electron chi connectivity index (χ1n) is 7.01. The second kappa shape index (κ2) is 6.19. The van der Waals surface area contributed by atoms with Crippen molar-refractivity contribution in [2.75, 3.05) is 13.1 Å². The predicted octanol–water partition coefficient (Wildman–Crippen LogP) is 0.441. The molecule has 0 aromatic carbocycles. The number of rotatable bonds is 3. The molecule has 2 N–H and O–H groups in total. The van der Waals surface area contributed by atoms with Crippen LogP contribution in [0.3, 0.4) is 0 Å². The molecule has 1 aliphatic heterocycles. The van der Waals surface area contributed by atoms with E-state index in [1.807, 2.05) is 0 Å². The Morgan fingerprint density at radius 1 is 1.21 bits per heavy atom. The van der Waals surface area contributed by atoms with E-state index in [-0.39, 0.29) is 23.8 Å². The molecule has 5 heteroatoms. The van der Waals surface area contributed by atoms with E-state index in [1.165, 1.54) is 6.08 Å². The van der Waals surface area contributed by atoms with Crippen LogP contribution in [0, 0.1) is 5.92 Å². The van der Waals surface area contributed by atoms with E-state index in [2.05, 4.69) is 11.9 Å². The molecule has 0 bridgehead atoms. The van der Waals surface area contributed by atoms with Crippen molar-refractivity contribution in [1.82, 2.24) is 10.2 Å². The molecule has 2 aliphatic rings. The quantitative estimate of drug-likeness (QED) is 0.728. The lowest BCUT2D eigenvalue weighted by molar-refractivity contribution is -0.132. The molecule has 0 unspecified atom stereocenters. The molecule has 1 saturated carbocycles. The number of hydrogen-bond acceptors (Lipinski definition) is 3. The second-order valence-electron chi connectivity index (χ2n) is 5.42. The van der Waals surface area contributed by atoms with Gasteiger partial charge in [-0.05, 0) is 38.2 Å². The van der Waals surface area contributed by atoms with Crippen molar-refractivity contribution >= 4 is 11.8 Å². The number of aliphatic hydroxyl groups excluding tert-OH is 1. The summed E-state index contributed by atoms with van der Waals surface area (Å²) in [6.45, 7) is 4.68. The number of nitrogens with one attached hydrogen (secondary N) is 1. The van der Waals surface area contributed by atoms with Crippen molar-refractivity contribution < 1.29 is 14.7 Å². The lowest BCUT2D eigenvalue weighted by Crippen LogP contribution is -2.46. The summed E-state index contributed by atoms with van der Waals surface area (Å²) in [6.07, 6.45) is 4.90. The molecule has 1 aliphatic carbocycles. The molecule has 0 aromatic heterocycles. The first kappa shape index (κ1) is 14.1. The molecular weight excluding hydrogens is 244 g/mol. The summed E-state index contributed by atoms with van der Waals surface area (Å²) < 4.78 is 0. The molecule has 19 heavy (non-hydrogen) atoms. The first-order chi connectivity index (χ1) is 9.11. The maximum Gasteiger partial charge on any atom is 0.245 e. The van der Waals surface area contributed by atoms with Gasteiger partial charge >= 0.3 is 0 Å². The maximum absolute atomic E-state index is 12.1. The number of likely N-dealkylation sites (tertiary alicyclic amines) is 1. The van der Waals surface area contributed by atoms with Gasteiger partial charge in [0.15, 0.2) is 0 Å². The van der Waals surface area contributed by atoms with Crippen LogP contribution in [0.25, 0.3) is 0 Å². The monoisotopic (exact) mass is 266 g/mol. The Bertz CT molecular complexity index is 362. The van der Waals surface area contributed by atoms with Crippen LogP contribution in [0.5, 0.6) is 0 Å². The van der Waals surface area contributed by atoms with Crippen molar-refractivity contribution in [2.45, 2.75) is 44.2 Å². The highest BCUT2D eigenvalue weighted by Crippen LogP contribution is 2.22. The fraction of sp³-hybridized carbons (Fsp3) is 0.714. The minimum atomic E-state index is -0.397. The zero-order valence-electron chi connectivity index (χ0n) is 11.2. The molecule has 2 rings (SSSR count). The highest BCUT2D eigenvalue weighted by molar-refractivity contribution is 5.87. The second-order valence-corrected chi connectivity index (χ2v) is 5.42. The standard InChI is InChI=1S/C14H22N2O3/c1-2-13(18)16-8-6-10(7-9-16)14(19)15-11-4-3-5-12(11)17/h2,10-12,17H,1,3-9H2,(H,15,19)/t11-,12+/m0/s1. The highest BCUT2D eigenvalue weighted by Gasteiger charge is 2.31. The van der Waals surface area contributed by atoms with Crippen LogP contribution in [-0.4, -0.2) is 47.1 Å². The Morgan fingerprint density at radius 2 is 1.89 bits per heavy atom. The van der Waals surface area contributed by atoms with Crippen molar-refractivity contribution in [2.24, 2.45) is 5.92 Å². The van der Waals surface area contributed by atoms with Gasteiger partial charge in [0, 0.05) is 19.0 Å². The smallest absolute Gasteiger partial charge is 0.245 e. The third kappa shape index (κ3) is 3.35. The van der Waals surface area contributed by atoms with Gasteiger partial charge in [0.05, 0.1) is 12.1 Å². The minimum absolute atomic E-state index is 0.0247. The molecule has 1 saturated heterocycles. The number of carbonyl (C=O) groups excluding carboxylic acids is 2. The van der Waals surface area contributed by atoms with Crippen LogP contribution in [0.15, 0.2) is 12.7 Å². The molecule has 5 nitrogen and oxygen atoms in total. The third-order valence-corrected chi connectivity index (χ3v) is 4.16. The summed E-state index contributed by atoms with van der Waals surface area (Å²) in [6, 6.07) is -0.0830. The van der Waals surface area contributed by atoms with Crippen molar-refractivity contribution in [3.05, 3.63) is 12.7 Å². The van der Waals surface area contributed by atoms with Gasteiger partial charge in [-0.1, -0.05) is 6.58 Å². The van der Waals surface area contributed by atoms with Gasteiger partial charge in [0.2, 0.25) is 11.8 Å². The van der Waals surface area contributed by atoms with Gasteiger partial charge in [-0.15, -0.1) is 0 Å². The third-order valence-electron chi connectivity index (χ3n) is 4.16. The first-order valence-corrected chi connectivity index (χ1v) is 7.01. The average molecular weight is 266 g/mol. The maximum atomic E-state index is 12.1. The van der Waals surface area contributed by atoms with Crippen molar-refractivity contribution in [1.29, 1.82) is 0 Å². The minimum Gasteiger partial charge on any atom is -0.391 e. The highest BCUT2D eigenvalue weighted by atomic mass is 16.3. The Kier molecular flexibility index (Phi) is 4.58. The van der Waals surface area contributed by atoms with Crippen molar-refractivity contribution in [3.63, 3.8) is 0 Å². The van der Waals surface area contributed by atoms with Crippen LogP contribution in [0.2, 0.25) is 0 Å². The molecule has 0 aromatic rings. The van der Waals surface area contributed by atoms with Crippen molar-refractivity contribution in [3.8, 4) is 0 Å². The van der Waals surface area contributed by atoms with Gasteiger partial charge in [-0.2, -0.15) is 0 Å². The largest absolute Gasteiger partial charge is 0.391 e. The van der Waals surface area contributed by atoms with E-state index in [1.54, 1.807) is 4.90 Å². The molecule has 2 atom stereocenters. The molecular formula is C14H22N2O3. The number of hydrogen-bond donors (Lipinski definition) is 2. The van der Waals surface area contributed by atoms with E-state index >= 15 is 0 Å². The SMILES string of the molecule is C=CC(=O)N1CCC(C(=O)N[C@H]2CCC[C@H]2O)CC1. The van der Waals surface area contributed by atoms with Gasteiger partial charge in [0.25, 0.3) is 0 Å². The summed E-state index contributed by atoms with van der Waals surface area (Å²) in [5, 5.41) is 12.6. The number of amides is 2. The Morgan fingerprint density at radius 3 is 2.42 bits per heavy atom. The van der Waals surface area contributed by atoms with Gasteiger partial charge in [-0.3, -0.25) is 9.59 Å². The summed E-state index contributed by atoms with van der Waals surface area (Å²) in [5.74, 6) is -0.0802. The van der Waals surface area contributed by atoms with Gasteiger partial charge in [-0.25, -0.2) is 0 Å². The summed E-state index contributed by atoms with van der Waals surface area (Å²) in [4.78, 5) is 25.3. The van der Waals surface area contributed by atoms with E-state index in [9.17, 15) is 14.7 Å².